The van der Waals surface area contributed by atoms with E-state index in [-0.39, 0.29) is 31.1 Å². The van der Waals surface area contributed by atoms with Gasteiger partial charge in [-0.05, 0) is 89.9 Å². The molecule has 0 bridgehead atoms. The maximum atomic E-state index is 12.9. The predicted octanol–water partition coefficient (Wildman–Crippen LogP) is 20.5. The molecule has 0 saturated carbocycles. The van der Waals surface area contributed by atoms with Crippen LogP contribution in [0.5, 0.6) is 0 Å². The third kappa shape index (κ3) is 57.6. The first-order valence-electron chi connectivity index (χ1n) is 30.4. The van der Waals surface area contributed by atoms with Gasteiger partial charge in [0.15, 0.2) is 6.10 Å². The number of rotatable bonds is 55. The second-order valence-corrected chi connectivity index (χ2v) is 20.2. The van der Waals surface area contributed by atoms with Crippen molar-refractivity contribution < 1.29 is 28.6 Å². The molecule has 1 atom stereocenters. The van der Waals surface area contributed by atoms with E-state index >= 15 is 0 Å². The number of esters is 3. The van der Waals surface area contributed by atoms with E-state index in [9.17, 15) is 14.4 Å². The van der Waals surface area contributed by atoms with Crippen LogP contribution in [0, 0.1) is 0 Å². The Hall–Kier alpha value is -3.15. The van der Waals surface area contributed by atoms with Crippen molar-refractivity contribution in [3.8, 4) is 0 Å². The van der Waals surface area contributed by atoms with E-state index in [1.54, 1.807) is 0 Å². The highest BCUT2D eigenvalue weighted by atomic mass is 16.6. The fourth-order valence-corrected chi connectivity index (χ4v) is 8.64. The van der Waals surface area contributed by atoms with Gasteiger partial charge in [0.2, 0.25) is 0 Å². The molecule has 0 spiro atoms. The largest absolute Gasteiger partial charge is 0.462 e. The van der Waals surface area contributed by atoms with Gasteiger partial charge in [-0.25, -0.2) is 0 Å². The van der Waals surface area contributed by atoms with E-state index in [0.717, 1.165) is 103 Å². The van der Waals surface area contributed by atoms with Crippen LogP contribution >= 0.6 is 0 Å². The highest BCUT2D eigenvalue weighted by Crippen LogP contribution is 2.16. The zero-order valence-electron chi connectivity index (χ0n) is 47.0. The third-order valence-corrected chi connectivity index (χ3v) is 13.2. The van der Waals surface area contributed by atoms with E-state index < -0.39 is 6.10 Å². The van der Waals surface area contributed by atoms with Crippen molar-refractivity contribution in [1.82, 2.24) is 0 Å². The Morgan fingerprint density at radius 1 is 0.296 bits per heavy atom. The van der Waals surface area contributed by atoms with Crippen molar-refractivity contribution in [2.45, 2.75) is 309 Å². The topological polar surface area (TPSA) is 78.9 Å². The van der Waals surface area contributed by atoms with Crippen molar-refractivity contribution in [3.05, 3.63) is 72.9 Å². The number of unbranched alkanes of at least 4 members (excludes halogenated alkanes) is 32. The lowest BCUT2D eigenvalue weighted by atomic mass is 10.0. The zero-order valence-corrected chi connectivity index (χ0v) is 47.0. The zero-order chi connectivity index (χ0) is 51.4. The molecule has 0 aliphatic carbocycles. The molecule has 1 unspecified atom stereocenters. The molecule has 0 saturated heterocycles. The Morgan fingerprint density at radius 3 is 0.887 bits per heavy atom. The molecule has 0 heterocycles. The van der Waals surface area contributed by atoms with Crippen molar-refractivity contribution in [2.24, 2.45) is 0 Å². The molecule has 0 radical (unpaired) electrons. The molecule has 0 rings (SSSR count). The standard InChI is InChI=1S/C65H114O6/c1-4-7-10-13-16-19-22-25-27-28-29-30-31-32-33-34-35-36-38-40-43-46-49-52-55-58-64(67)70-61-62(60-69-63(66)57-54-51-48-45-42-39-24-21-18-15-12-9-6-3)71-65(68)59-56-53-50-47-44-41-37-26-23-20-17-14-11-8-5-2/h7,10,16,19,21,24-25,27,29-30,32-33,62H,4-6,8-9,11-15,17-18,20,22-23,26,28,31,34-61H2,1-3H3/b10-7-,19-16-,24-21-,27-25-,30-29-,33-32-. The maximum absolute atomic E-state index is 12.9. The molecule has 0 aromatic carbocycles. The molecule has 0 aromatic rings. The smallest absolute Gasteiger partial charge is 0.306 e. The maximum Gasteiger partial charge on any atom is 0.306 e. The minimum Gasteiger partial charge on any atom is -0.462 e. The van der Waals surface area contributed by atoms with Crippen LogP contribution in [0.2, 0.25) is 0 Å². The molecule has 6 nitrogen and oxygen atoms in total. The predicted molar refractivity (Wildman–Crippen MR) is 307 cm³/mol. The van der Waals surface area contributed by atoms with Gasteiger partial charge in [0.25, 0.3) is 0 Å². The highest BCUT2D eigenvalue weighted by molar-refractivity contribution is 5.71. The van der Waals surface area contributed by atoms with E-state index in [2.05, 4.69) is 93.7 Å². The molecule has 0 fully saturated rings. The molecular formula is C65H114O6. The summed E-state index contributed by atoms with van der Waals surface area (Å²) in [6.45, 7) is 6.53. The molecular weight excluding hydrogens is 877 g/mol. The summed E-state index contributed by atoms with van der Waals surface area (Å²) in [5, 5.41) is 0. The summed E-state index contributed by atoms with van der Waals surface area (Å²) < 4.78 is 16.9. The Bertz CT molecular complexity index is 1320. The summed E-state index contributed by atoms with van der Waals surface area (Å²) in [5.41, 5.74) is 0. The summed E-state index contributed by atoms with van der Waals surface area (Å²) in [6, 6.07) is 0. The summed E-state index contributed by atoms with van der Waals surface area (Å²) in [5.74, 6) is -0.879. The van der Waals surface area contributed by atoms with Gasteiger partial charge in [0, 0.05) is 19.3 Å². The van der Waals surface area contributed by atoms with Gasteiger partial charge >= 0.3 is 17.9 Å². The third-order valence-electron chi connectivity index (χ3n) is 13.2. The van der Waals surface area contributed by atoms with Gasteiger partial charge < -0.3 is 14.2 Å². The lowest BCUT2D eigenvalue weighted by molar-refractivity contribution is -0.167. The second-order valence-electron chi connectivity index (χ2n) is 20.2. The van der Waals surface area contributed by atoms with Crippen molar-refractivity contribution in [2.75, 3.05) is 13.2 Å². The van der Waals surface area contributed by atoms with Gasteiger partial charge in [-0.15, -0.1) is 0 Å². The summed E-state index contributed by atoms with van der Waals surface area (Å²) >= 11 is 0. The highest BCUT2D eigenvalue weighted by Gasteiger charge is 2.19. The van der Waals surface area contributed by atoms with Gasteiger partial charge in [0.05, 0.1) is 0 Å². The molecule has 410 valence electrons. The number of carbonyl (C=O) groups is 3. The van der Waals surface area contributed by atoms with E-state index in [4.69, 9.17) is 14.2 Å². The van der Waals surface area contributed by atoms with Crippen LogP contribution in [0.4, 0.5) is 0 Å². The van der Waals surface area contributed by atoms with Gasteiger partial charge in [-0.3, -0.25) is 14.4 Å². The first-order valence-corrected chi connectivity index (χ1v) is 30.4. The van der Waals surface area contributed by atoms with Crippen LogP contribution in [0.3, 0.4) is 0 Å². The number of hydrogen-bond donors (Lipinski definition) is 0. The SMILES string of the molecule is CC/C=C\C/C=C\C/C=C\C/C=C\C/C=C\CCCCCCCCCCCC(=O)OCC(COC(=O)CCCCCCC/C=C\CCCCCC)OC(=O)CCCCCCCCCCCCCCCCC. The molecule has 0 aliphatic rings. The molecule has 71 heavy (non-hydrogen) atoms. The quantitative estimate of drug-likeness (QED) is 0.0261. The van der Waals surface area contributed by atoms with Gasteiger partial charge in [0.1, 0.15) is 13.2 Å². The van der Waals surface area contributed by atoms with Crippen LogP contribution in [-0.4, -0.2) is 37.2 Å². The second kappa shape index (κ2) is 59.4. The van der Waals surface area contributed by atoms with Crippen LogP contribution in [0.1, 0.15) is 303 Å². The minimum absolute atomic E-state index is 0.0784. The van der Waals surface area contributed by atoms with Gasteiger partial charge in [-0.1, -0.05) is 267 Å². The Morgan fingerprint density at radius 2 is 0.549 bits per heavy atom. The van der Waals surface area contributed by atoms with E-state index in [1.165, 1.54) is 161 Å². The molecule has 0 aliphatic heterocycles. The summed E-state index contributed by atoms with van der Waals surface area (Å²) in [6.07, 6.45) is 76.1. The first-order chi connectivity index (χ1) is 35.0. The Balaban J connectivity index is 4.30. The van der Waals surface area contributed by atoms with Crippen LogP contribution < -0.4 is 0 Å². The lowest BCUT2D eigenvalue weighted by Gasteiger charge is -2.18. The molecule has 0 N–H and O–H groups in total. The summed E-state index contributed by atoms with van der Waals surface area (Å²) in [7, 11) is 0. The van der Waals surface area contributed by atoms with E-state index in [1.807, 2.05) is 0 Å². The fourth-order valence-electron chi connectivity index (χ4n) is 8.64. The van der Waals surface area contributed by atoms with Crippen LogP contribution in [-0.2, 0) is 28.6 Å². The average molecular weight is 992 g/mol. The lowest BCUT2D eigenvalue weighted by Crippen LogP contribution is -2.30. The molecule has 0 amide bonds. The monoisotopic (exact) mass is 991 g/mol. The number of hydrogen-bond acceptors (Lipinski definition) is 6. The van der Waals surface area contributed by atoms with Crippen molar-refractivity contribution >= 4 is 17.9 Å². The van der Waals surface area contributed by atoms with Crippen molar-refractivity contribution in [1.29, 1.82) is 0 Å². The molecule has 6 heteroatoms. The van der Waals surface area contributed by atoms with Crippen LogP contribution in [0.15, 0.2) is 72.9 Å². The Labute approximate surface area is 440 Å². The van der Waals surface area contributed by atoms with Crippen LogP contribution in [0.25, 0.3) is 0 Å². The normalized spacial score (nSPS) is 12.5. The fraction of sp³-hybridized carbons (Fsp3) is 0.769. The number of ether oxygens (including phenoxy) is 3. The van der Waals surface area contributed by atoms with E-state index in [0.29, 0.717) is 19.3 Å². The average Bonchev–Trinajstić information content (AvgIpc) is 3.37. The Kier molecular flexibility index (Phi) is 56.8. The molecule has 0 aromatic heterocycles. The minimum atomic E-state index is -0.779. The van der Waals surface area contributed by atoms with Gasteiger partial charge in [-0.2, -0.15) is 0 Å². The van der Waals surface area contributed by atoms with Crippen molar-refractivity contribution in [3.63, 3.8) is 0 Å². The number of allylic oxidation sites excluding steroid dienone is 12. The first kappa shape index (κ1) is 67.8. The number of carbonyl (C=O) groups excluding carboxylic acids is 3. The summed E-state index contributed by atoms with van der Waals surface area (Å²) in [4.78, 5) is 38.2.